The molecular weight excluding hydrogens is 280 g/mol. The van der Waals surface area contributed by atoms with Gasteiger partial charge in [0, 0.05) is 22.7 Å². The van der Waals surface area contributed by atoms with Crippen LogP contribution in [0.3, 0.4) is 0 Å². The number of hydrogen-bond acceptors (Lipinski definition) is 4. The first-order valence-electron chi connectivity index (χ1n) is 7.40. The molecule has 1 fully saturated rings. The number of para-hydroxylation sites is 1. The zero-order chi connectivity index (χ0) is 16.1. The van der Waals surface area contributed by atoms with Gasteiger partial charge >= 0.3 is 0 Å². The monoisotopic (exact) mass is 300 g/mol. The maximum atomic E-state index is 12.4. The van der Waals surface area contributed by atoms with Gasteiger partial charge in [0.25, 0.3) is 0 Å². The number of amides is 2. The average molecular weight is 300 g/mol. The van der Waals surface area contributed by atoms with Crippen LogP contribution < -0.4 is 16.5 Å². The molecule has 0 saturated heterocycles. The fourth-order valence-corrected chi connectivity index (χ4v) is 3.39. The smallest absolute Gasteiger partial charge is 0.245 e. The van der Waals surface area contributed by atoms with Crippen LogP contribution in [0.5, 0.6) is 0 Å². The third kappa shape index (κ3) is 1.98. The van der Waals surface area contributed by atoms with E-state index < -0.39 is 17.3 Å². The molecule has 0 bridgehead atoms. The Bertz CT molecular complexity index is 682. The summed E-state index contributed by atoms with van der Waals surface area (Å²) in [5.41, 5.74) is 10.0. The van der Waals surface area contributed by atoms with Gasteiger partial charge in [0.15, 0.2) is 0 Å². The Kier molecular flexibility index (Phi) is 3.20. The molecule has 0 unspecified atom stereocenters. The zero-order valence-corrected chi connectivity index (χ0v) is 12.9. The SMILES string of the molecule is CC(C)NC(=O)[C@@H]1[C@@H]2C(=O)NN=C(c3ccccc3N)[C@]12C. The Hall–Kier alpha value is -2.37. The highest BCUT2D eigenvalue weighted by atomic mass is 16.2. The van der Waals surface area contributed by atoms with Crippen LogP contribution in [0.2, 0.25) is 0 Å². The van der Waals surface area contributed by atoms with Gasteiger partial charge in [-0.1, -0.05) is 25.1 Å². The first-order chi connectivity index (χ1) is 10.4. The van der Waals surface area contributed by atoms with Gasteiger partial charge in [0.05, 0.1) is 17.5 Å². The Labute approximate surface area is 129 Å². The Morgan fingerprint density at radius 2 is 2.09 bits per heavy atom. The summed E-state index contributed by atoms with van der Waals surface area (Å²) in [5.74, 6) is -1.11. The molecule has 0 aromatic heterocycles. The Morgan fingerprint density at radius 1 is 1.41 bits per heavy atom. The number of fused-ring (bicyclic) bond motifs is 1. The molecule has 1 saturated carbocycles. The van der Waals surface area contributed by atoms with Gasteiger partial charge in [-0.05, 0) is 19.9 Å². The van der Waals surface area contributed by atoms with E-state index in [1.54, 1.807) is 6.07 Å². The minimum Gasteiger partial charge on any atom is -0.398 e. The molecule has 116 valence electrons. The first kappa shape index (κ1) is 14.6. The maximum absolute atomic E-state index is 12.4. The van der Waals surface area contributed by atoms with Crippen molar-refractivity contribution in [1.29, 1.82) is 0 Å². The van der Waals surface area contributed by atoms with Gasteiger partial charge in [0.1, 0.15) is 0 Å². The highest BCUT2D eigenvalue weighted by molar-refractivity contribution is 6.18. The molecule has 1 heterocycles. The van der Waals surface area contributed by atoms with Crippen molar-refractivity contribution in [3.63, 3.8) is 0 Å². The molecule has 6 heteroatoms. The molecule has 22 heavy (non-hydrogen) atoms. The number of nitrogen functional groups attached to an aromatic ring is 1. The van der Waals surface area contributed by atoms with Crippen molar-refractivity contribution < 1.29 is 9.59 Å². The van der Waals surface area contributed by atoms with E-state index in [0.29, 0.717) is 11.4 Å². The second-order valence-corrected chi connectivity index (χ2v) is 6.43. The summed E-state index contributed by atoms with van der Waals surface area (Å²) in [6.45, 7) is 5.71. The summed E-state index contributed by atoms with van der Waals surface area (Å²) in [4.78, 5) is 24.5. The molecule has 1 aliphatic heterocycles. The van der Waals surface area contributed by atoms with Gasteiger partial charge in [-0.15, -0.1) is 0 Å². The standard InChI is InChI=1S/C16H20N4O2/c1-8(2)18-14(21)11-12-15(22)20-19-13(16(11,12)3)9-6-4-5-7-10(9)17/h4-8,11-12H,17H2,1-3H3,(H,18,21)(H,20,22)/t11-,12+,16+/m0/s1. The zero-order valence-electron chi connectivity index (χ0n) is 12.9. The number of anilines is 1. The second kappa shape index (κ2) is 4.83. The molecule has 1 aliphatic carbocycles. The van der Waals surface area contributed by atoms with E-state index >= 15 is 0 Å². The summed E-state index contributed by atoms with van der Waals surface area (Å²) in [6, 6.07) is 7.40. The number of nitrogens with one attached hydrogen (secondary N) is 2. The second-order valence-electron chi connectivity index (χ2n) is 6.43. The predicted octanol–water partition coefficient (Wildman–Crippen LogP) is 0.880. The van der Waals surface area contributed by atoms with Crippen LogP contribution in [0, 0.1) is 17.3 Å². The summed E-state index contributed by atoms with van der Waals surface area (Å²) in [5, 5.41) is 7.09. The van der Waals surface area contributed by atoms with Crippen molar-refractivity contribution in [2.24, 2.45) is 22.4 Å². The number of nitrogens with two attached hydrogens (primary N) is 1. The van der Waals surface area contributed by atoms with Gasteiger partial charge in [-0.25, -0.2) is 5.43 Å². The van der Waals surface area contributed by atoms with Crippen LogP contribution in [0.25, 0.3) is 0 Å². The van der Waals surface area contributed by atoms with Gasteiger partial charge < -0.3 is 11.1 Å². The molecule has 0 spiro atoms. The predicted molar refractivity (Wildman–Crippen MR) is 83.9 cm³/mol. The summed E-state index contributed by atoms with van der Waals surface area (Å²) < 4.78 is 0. The summed E-state index contributed by atoms with van der Waals surface area (Å²) in [7, 11) is 0. The lowest BCUT2D eigenvalue weighted by atomic mass is 9.90. The molecule has 2 amide bonds. The maximum Gasteiger partial charge on any atom is 0.245 e. The Balaban J connectivity index is 1.99. The third-order valence-electron chi connectivity index (χ3n) is 4.52. The fourth-order valence-electron chi connectivity index (χ4n) is 3.39. The first-order valence-corrected chi connectivity index (χ1v) is 7.40. The number of carbonyl (C=O) groups excluding carboxylic acids is 2. The quantitative estimate of drug-likeness (QED) is 0.723. The molecule has 0 radical (unpaired) electrons. The van der Waals surface area contributed by atoms with Crippen LogP contribution in [0.1, 0.15) is 26.3 Å². The highest BCUT2D eigenvalue weighted by Crippen LogP contribution is 2.62. The molecular formula is C16H20N4O2. The van der Waals surface area contributed by atoms with E-state index in [1.807, 2.05) is 39.0 Å². The van der Waals surface area contributed by atoms with Crippen LogP contribution in [-0.2, 0) is 9.59 Å². The normalized spacial score (nSPS) is 29.5. The van der Waals surface area contributed by atoms with Crippen LogP contribution in [0.4, 0.5) is 5.69 Å². The van der Waals surface area contributed by atoms with Crippen molar-refractivity contribution in [3.05, 3.63) is 29.8 Å². The number of nitrogens with zero attached hydrogens (tertiary/aromatic N) is 1. The van der Waals surface area contributed by atoms with Gasteiger partial charge in [-0.2, -0.15) is 5.10 Å². The van der Waals surface area contributed by atoms with Crippen LogP contribution in [0.15, 0.2) is 29.4 Å². The third-order valence-corrected chi connectivity index (χ3v) is 4.52. The summed E-state index contributed by atoms with van der Waals surface area (Å²) in [6.07, 6.45) is 0. The number of benzene rings is 1. The largest absolute Gasteiger partial charge is 0.398 e. The molecule has 1 aromatic carbocycles. The van der Waals surface area contributed by atoms with E-state index in [2.05, 4.69) is 15.8 Å². The number of hydrogen-bond donors (Lipinski definition) is 3. The lowest BCUT2D eigenvalue weighted by molar-refractivity contribution is -0.127. The number of rotatable bonds is 3. The molecule has 6 nitrogen and oxygen atoms in total. The Morgan fingerprint density at radius 3 is 2.73 bits per heavy atom. The van der Waals surface area contributed by atoms with E-state index in [9.17, 15) is 9.59 Å². The molecule has 4 N–H and O–H groups in total. The van der Waals surface area contributed by atoms with Crippen molar-refractivity contribution in [2.75, 3.05) is 5.73 Å². The molecule has 1 aromatic rings. The minimum absolute atomic E-state index is 0.0315. The van der Waals surface area contributed by atoms with E-state index in [1.165, 1.54) is 0 Å². The van der Waals surface area contributed by atoms with Gasteiger partial charge in [-0.3, -0.25) is 9.59 Å². The van der Waals surface area contributed by atoms with Crippen LogP contribution in [-0.4, -0.2) is 23.6 Å². The molecule has 2 aliphatic rings. The van der Waals surface area contributed by atoms with E-state index in [4.69, 9.17) is 5.73 Å². The lowest BCUT2D eigenvalue weighted by Crippen LogP contribution is -2.35. The van der Waals surface area contributed by atoms with Crippen molar-refractivity contribution in [2.45, 2.75) is 26.8 Å². The minimum atomic E-state index is -0.600. The molecule has 3 atom stereocenters. The number of carbonyl (C=O) groups is 2. The lowest BCUT2D eigenvalue weighted by Gasteiger charge is -2.20. The highest BCUT2D eigenvalue weighted by Gasteiger charge is 2.72. The topological polar surface area (TPSA) is 96.6 Å². The van der Waals surface area contributed by atoms with Crippen molar-refractivity contribution >= 4 is 23.2 Å². The fraction of sp³-hybridized carbons (Fsp3) is 0.438. The number of hydrazone groups is 1. The molecule has 3 rings (SSSR count). The average Bonchev–Trinajstić information content (AvgIpc) is 3.08. The van der Waals surface area contributed by atoms with E-state index in [-0.39, 0.29) is 17.9 Å². The van der Waals surface area contributed by atoms with Crippen molar-refractivity contribution in [3.8, 4) is 0 Å². The van der Waals surface area contributed by atoms with Gasteiger partial charge in [0.2, 0.25) is 11.8 Å². The van der Waals surface area contributed by atoms with E-state index in [0.717, 1.165) is 5.56 Å². The van der Waals surface area contributed by atoms with Crippen LogP contribution >= 0.6 is 0 Å². The van der Waals surface area contributed by atoms with Crippen molar-refractivity contribution in [1.82, 2.24) is 10.7 Å². The summed E-state index contributed by atoms with van der Waals surface area (Å²) >= 11 is 0.